The molecule has 0 fully saturated rings. The minimum atomic E-state index is -0.791. The van der Waals surface area contributed by atoms with Crippen molar-refractivity contribution in [1.29, 1.82) is 0 Å². The van der Waals surface area contributed by atoms with Crippen LogP contribution < -0.4 is 0 Å². The molecule has 0 heterocycles. The maximum absolute atomic E-state index is 12.9. The van der Waals surface area contributed by atoms with Crippen LogP contribution in [0, 0.1) is 0 Å². The number of allylic oxidation sites excluding steroid dienone is 20. The molecule has 0 radical (unpaired) electrons. The molecule has 0 aliphatic rings. The molecule has 0 rings (SSSR count). The van der Waals surface area contributed by atoms with E-state index in [2.05, 4.69) is 142 Å². The third-order valence-corrected chi connectivity index (χ3v) is 14.2. The Morgan fingerprint density at radius 1 is 0.263 bits per heavy atom. The summed E-state index contributed by atoms with van der Waals surface area (Å²) < 4.78 is 16.9. The second-order valence-electron chi connectivity index (χ2n) is 22.0. The molecule has 6 nitrogen and oxygen atoms in total. The molecule has 456 valence electrons. The molecule has 0 aliphatic carbocycles. The minimum Gasteiger partial charge on any atom is -0.462 e. The van der Waals surface area contributed by atoms with Crippen LogP contribution in [0.4, 0.5) is 0 Å². The third-order valence-electron chi connectivity index (χ3n) is 14.2. The lowest BCUT2D eigenvalue weighted by atomic mass is 10.0. The molecule has 0 spiro atoms. The first kappa shape index (κ1) is 75.8. The Morgan fingerprint density at radius 2 is 0.487 bits per heavy atom. The lowest BCUT2D eigenvalue weighted by Gasteiger charge is -2.18. The predicted octanol–water partition coefficient (Wildman–Crippen LogP) is 23.2. The van der Waals surface area contributed by atoms with Gasteiger partial charge in [0.2, 0.25) is 0 Å². The maximum atomic E-state index is 12.9. The number of rotatable bonds is 60. The molecule has 80 heavy (non-hydrogen) atoms. The van der Waals surface area contributed by atoms with Gasteiger partial charge in [-0.1, -0.05) is 303 Å². The Morgan fingerprint density at radius 3 is 0.762 bits per heavy atom. The molecule has 0 N–H and O–H groups in total. The zero-order chi connectivity index (χ0) is 57.8. The van der Waals surface area contributed by atoms with Crippen LogP contribution in [0.2, 0.25) is 0 Å². The zero-order valence-electron chi connectivity index (χ0n) is 52.3. The second-order valence-corrected chi connectivity index (χ2v) is 22.0. The van der Waals surface area contributed by atoms with Crippen LogP contribution in [0.15, 0.2) is 122 Å². The summed E-state index contributed by atoms with van der Waals surface area (Å²) in [6.45, 7) is 6.38. The van der Waals surface area contributed by atoms with E-state index in [1.807, 2.05) is 0 Å². The summed E-state index contributed by atoms with van der Waals surface area (Å²) in [5.74, 6) is -0.908. The summed E-state index contributed by atoms with van der Waals surface area (Å²) >= 11 is 0. The highest BCUT2D eigenvalue weighted by molar-refractivity contribution is 5.71. The van der Waals surface area contributed by atoms with Crippen molar-refractivity contribution in [2.45, 2.75) is 316 Å². The van der Waals surface area contributed by atoms with E-state index in [9.17, 15) is 14.4 Å². The average molecular weight is 1110 g/mol. The Hall–Kier alpha value is -4.19. The number of carbonyl (C=O) groups is 3. The highest BCUT2D eigenvalue weighted by Gasteiger charge is 2.19. The standard InChI is InChI=1S/C74H124O6/c1-4-7-10-13-16-19-21-23-25-27-29-31-33-34-35-36-37-38-39-40-42-43-45-47-49-51-53-55-58-61-64-67-73(76)79-70-71(69-78-72(75)66-63-60-57-18-15-12-9-6-3)80-74(77)68-65-62-59-56-54-52-50-48-46-44-41-32-30-28-26-24-22-20-17-14-11-8-5-2/h7-8,10-11,16-17,19-20,23-26,29-32,44,46,50,52,71H,4-6,9,12-15,18,21-22,27-28,33-43,45,47-49,51,53-70H2,1-3H3/b10-7-,11-8-,19-16-,20-17-,25-23-,26-24-,31-29-,32-30-,46-44-,52-50-. The van der Waals surface area contributed by atoms with Gasteiger partial charge in [-0.15, -0.1) is 0 Å². The summed E-state index contributed by atoms with van der Waals surface area (Å²) in [7, 11) is 0. The Labute approximate surface area is 494 Å². The van der Waals surface area contributed by atoms with Gasteiger partial charge >= 0.3 is 17.9 Å². The van der Waals surface area contributed by atoms with Crippen molar-refractivity contribution in [3.8, 4) is 0 Å². The molecule has 0 amide bonds. The molecule has 0 aromatic heterocycles. The van der Waals surface area contributed by atoms with E-state index in [1.165, 1.54) is 135 Å². The Balaban J connectivity index is 4.16. The number of esters is 3. The number of hydrogen-bond acceptors (Lipinski definition) is 6. The summed E-state index contributed by atoms with van der Waals surface area (Å²) in [5, 5.41) is 0. The van der Waals surface area contributed by atoms with Crippen LogP contribution in [0.3, 0.4) is 0 Å². The van der Waals surface area contributed by atoms with Gasteiger partial charge in [0.1, 0.15) is 13.2 Å². The fraction of sp³-hybridized carbons (Fsp3) is 0.689. The van der Waals surface area contributed by atoms with E-state index in [-0.39, 0.29) is 31.1 Å². The number of hydrogen-bond donors (Lipinski definition) is 0. The van der Waals surface area contributed by atoms with E-state index < -0.39 is 6.10 Å². The maximum Gasteiger partial charge on any atom is 0.306 e. The monoisotopic (exact) mass is 1110 g/mol. The quantitative estimate of drug-likeness (QED) is 0.0261. The molecule has 0 aliphatic heterocycles. The number of ether oxygens (including phenoxy) is 3. The van der Waals surface area contributed by atoms with Crippen molar-refractivity contribution in [3.05, 3.63) is 122 Å². The van der Waals surface area contributed by atoms with Crippen LogP contribution in [0.25, 0.3) is 0 Å². The third kappa shape index (κ3) is 64.6. The van der Waals surface area contributed by atoms with Crippen LogP contribution in [0.5, 0.6) is 0 Å². The number of unbranched alkanes of at least 4 members (excludes halogenated alkanes) is 29. The van der Waals surface area contributed by atoms with Gasteiger partial charge in [-0.25, -0.2) is 0 Å². The highest BCUT2D eigenvalue weighted by atomic mass is 16.6. The molecule has 1 atom stereocenters. The average Bonchev–Trinajstić information content (AvgIpc) is 3.46. The van der Waals surface area contributed by atoms with Gasteiger partial charge in [-0.2, -0.15) is 0 Å². The molecule has 0 aromatic carbocycles. The van der Waals surface area contributed by atoms with Gasteiger partial charge in [0, 0.05) is 19.3 Å². The van der Waals surface area contributed by atoms with Crippen LogP contribution >= 0.6 is 0 Å². The Bertz CT molecular complexity index is 1650. The molecular weight excluding hydrogens is 985 g/mol. The Kier molecular flexibility index (Phi) is 63.8. The van der Waals surface area contributed by atoms with E-state index in [1.54, 1.807) is 0 Å². The largest absolute Gasteiger partial charge is 0.462 e. The summed E-state index contributed by atoms with van der Waals surface area (Å²) in [5.41, 5.74) is 0. The SMILES string of the molecule is CC/C=C\C/C=C\C/C=C\C/C=C\C/C=C\C/C=C\CCCCCCC(=O)OC(COC(=O)CCCCCCCCCC)COC(=O)CCCCCCCCCCCCCCCCCCCC/C=C\C/C=C\C/C=C\C/C=C\CC. The molecule has 0 bridgehead atoms. The number of carbonyl (C=O) groups excluding carboxylic acids is 3. The first-order chi connectivity index (χ1) is 39.5. The molecule has 0 saturated carbocycles. The molecule has 6 heteroatoms. The first-order valence-corrected chi connectivity index (χ1v) is 33.5. The van der Waals surface area contributed by atoms with Gasteiger partial charge in [0.25, 0.3) is 0 Å². The lowest BCUT2D eigenvalue weighted by Crippen LogP contribution is -2.30. The van der Waals surface area contributed by atoms with E-state index in [4.69, 9.17) is 14.2 Å². The summed E-state index contributed by atoms with van der Waals surface area (Å²) in [6.07, 6.45) is 93.8. The van der Waals surface area contributed by atoms with Gasteiger partial charge in [-0.3, -0.25) is 14.4 Å². The molecule has 0 aromatic rings. The van der Waals surface area contributed by atoms with Crippen molar-refractivity contribution >= 4 is 17.9 Å². The van der Waals surface area contributed by atoms with E-state index in [0.29, 0.717) is 19.3 Å². The van der Waals surface area contributed by atoms with Crippen molar-refractivity contribution in [3.63, 3.8) is 0 Å². The van der Waals surface area contributed by atoms with E-state index >= 15 is 0 Å². The zero-order valence-corrected chi connectivity index (χ0v) is 52.3. The second kappa shape index (κ2) is 67.3. The van der Waals surface area contributed by atoms with Crippen molar-refractivity contribution in [2.75, 3.05) is 13.2 Å². The summed E-state index contributed by atoms with van der Waals surface area (Å²) in [4.78, 5) is 38.2. The molecule has 1 unspecified atom stereocenters. The van der Waals surface area contributed by atoms with Gasteiger partial charge < -0.3 is 14.2 Å². The van der Waals surface area contributed by atoms with Crippen molar-refractivity contribution < 1.29 is 28.6 Å². The van der Waals surface area contributed by atoms with Crippen molar-refractivity contribution in [1.82, 2.24) is 0 Å². The van der Waals surface area contributed by atoms with Crippen LogP contribution in [-0.4, -0.2) is 37.2 Å². The first-order valence-electron chi connectivity index (χ1n) is 33.5. The molecule has 0 saturated heterocycles. The van der Waals surface area contributed by atoms with Crippen LogP contribution in [-0.2, 0) is 28.6 Å². The summed E-state index contributed by atoms with van der Waals surface area (Å²) in [6, 6.07) is 0. The highest BCUT2D eigenvalue weighted by Crippen LogP contribution is 2.17. The predicted molar refractivity (Wildman–Crippen MR) is 348 cm³/mol. The minimum absolute atomic E-state index is 0.0871. The van der Waals surface area contributed by atoms with Gasteiger partial charge in [-0.05, 0) is 109 Å². The molecular formula is C74H124O6. The fourth-order valence-electron chi connectivity index (χ4n) is 9.26. The van der Waals surface area contributed by atoms with Crippen molar-refractivity contribution in [2.24, 2.45) is 0 Å². The smallest absolute Gasteiger partial charge is 0.306 e. The van der Waals surface area contributed by atoms with Gasteiger partial charge in [0.15, 0.2) is 6.10 Å². The lowest BCUT2D eigenvalue weighted by molar-refractivity contribution is -0.167. The van der Waals surface area contributed by atoms with E-state index in [0.717, 1.165) is 135 Å². The topological polar surface area (TPSA) is 78.9 Å². The van der Waals surface area contributed by atoms with Crippen LogP contribution in [0.1, 0.15) is 310 Å². The van der Waals surface area contributed by atoms with Gasteiger partial charge in [0.05, 0.1) is 0 Å². The normalized spacial score (nSPS) is 12.9. The fourth-order valence-corrected chi connectivity index (χ4v) is 9.26.